The van der Waals surface area contributed by atoms with Gasteiger partial charge in [0.2, 0.25) is 0 Å². The van der Waals surface area contributed by atoms with Crippen molar-refractivity contribution in [3.05, 3.63) is 0 Å². The number of hydrogen-bond acceptors (Lipinski definition) is 3. The Morgan fingerprint density at radius 3 is 2.84 bits per heavy atom. The minimum atomic E-state index is -0.840. The van der Waals surface area contributed by atoms with Gasteiger partial charge in [0, 0.05) is 36.9 Å². The van der Waals surface area contributed by atoms with Crippen LogP contribution in [-0.4, -0.2) is 42.4 Å². The van der Waals surface area contributed by atoms with Gasteiger partial charge in [0.25, 0.3) is 0 Å². The molecule has 2 aliphatic rings. The fourth-order valence-corrected chi connectivity index (χ4v) is 3.25. The van der Waals surface area contributed by atoms with Crippen LogP contribution in [0.2, 0.25) is 0 Å². The number of rotatable bonds is 5. The Labute approximate surface area is 112 Å². The van der Waals surface area contributed by atoms with Crippen molar-refractivity contribution >= 4 is 12.0 Å². The maximum atomic E-state index is 11.8. The Morgan fingerprint density at radius 2 is 2.16 bits per heavy atom. The summed E-state index contributed by atoms with van der Waals surface area (Å²) in [5.41, 5.74) is -0.0282. The number of ether oxygens (including phenoxy) is 1. The third-order valence-corrected chi connectivity index (χ3v) is 4.24. The molecule has 0 aromatic rings. The lowest BCUT2D eigenvalue weighted by Gasteiger charge is -2.54. The third-order valence-electron chi connectivity index (χ3n) is 4.24. The Morgan fingerprint density at radius 1 is 1.42 bits per heavy atom. The number of nitrogens with one attached hydrogen (secondary N) is 2. The van der Waals surface area contributed by atoms with Crippen LogP contribution >= 0.6 is 0 Å². The van der Waals surface area contributed by atoms with Crippen molar-refractivity contribution in [2.75, 3.05) is 13.2 Å². The number of aliphatic carboxylic acids is 1. The molecule has 108 valence electrons. The quantitative estimate of drug-likeness (QED) is 0.649. The fraction of sp³-hybridized carbons (Fsp3) is 0.846. The molecule has 0 aromatic heterocycles. The summed E-state index contributed by atoms with van der Waals surface area (Å²) < 4.78 is 5.67. The normalized spacial score (nSPS) is 31.2. The Kier molecular flexibility index (Phi) is 3.99. The Hall–Kier alpha value is -1.30. The molecule has 0 radical (unpaired) electrons. The summed E-state index contributed by atoms with van der Waals surface area (Å²) in [5.74, 6) is -0.423. The first-order chi connectivity index (χ1) is 8.93. The van der Waals surface area contributed by atoms with Crippen molar-refractivity contribution in [2.24, 2.45) is 11.3 Å². The molecule has 3 N–H and O–H groups in total. The molecule has 6 nitrogen and oxygen atoms in total. The van der Waals surface area contributed by atoms with E-state index in [0.717, 1.165) is 13.0 Å². The van der Waals surface area contributed by atoms with Crippen LogP contribution in [0.5, 0.6) is 0 Å². The average molecular weight is 270 g/mol. The van der Waals surface area contributed by atoms with Crippen LogP contribution in [0.1, 0.15) is 33.1 Å². The zero-order valence-corrected chi connectivity index (χ0v) is 11.4. The van der Waals surface area contributed by atoms with Gasteiger partial charge in [0.15, 0.2) is 0 Å². The maximum absolute atomic E-state index is 11.8. The van der Waals surface area contributed by atoms with E-state index in [2.05, 4.69) is 24.5 Å². The summed E-state index contributed by atoms with van der Waals surface area (Å²) in [6.45, 7) is 5.37. The van der Waals surface area contributed by atoms with Crippen molar-refractivity contribution in [2.45, 2.75) is 45.3 Å². The molecule has 1 saturated heterocycles. The van der Waals surface area contributed by atoms with Crippen molar-refractivity contribution in [1.82, 2.24) is 10.6 Å². The van der Waals surface area contributed by atoms with E-state index in [0.29, 0.717) is 18.9 Å². The highest BCUT2D eigenvalue weighted by atomic mass is 16.5. The molecule has 1 aliphatic heterocycles. The number of carboxylic acids is 1. The zero-order valence-electron chi connectivity index (χ0n) is 11.4. The molecule has 2 amide bonds. The first-order valence-corrected chi connectivity index (χ1v) is 6.80. The lowest BCUT2D eigenvalue weighted by Crippen LogP contribution is -2.67. The summed E-state index contributed by atoms with van der Waals surface area (Å²) in [4.78, 5) is 22.1. The maximum Gasteiger partial charge on any atom is 0.315 e. The van der Waals surface area contributed by atoms with Gasteiger partial charge >= 0.3 is 12.0 Å². The number of amides is 2. The van der Waals surface area contributed by atoms with Crippen molar-refractivity contribution < 1.29 is 19.4 Å². The third kappa shape index (κ3) is 2.83. The molecular weight excluding hydrogens is 248 g/mol. The Bertz CT molecular complexity index is 370. The topological polar surface area (TPSA) is 87.7 Å². The summed E-state index contributed by atoms with van der Waals surface area (Å²) in [7, 11) is 0. The van der Waals surface area contributed by atoms with E-state index in [9.17, 15) is 9.59 Å². The lowest BCUT2D eigenvalue weighted by atomic mass is 9.57. The highest BCUT2D eigenvalue weighted by molar-refractivity contribution is 5.74. The van der Waals surface area contributed by atoms with Crippen LogP contribution in [0, 0.1) is 11.3 Å². The summed E-state index contributed by atoms with van der Waals surface area (Å²) >= 11 is 0. The number of carbonyl (C=O) groups is 2. The van der Waals surface area contributed by atoms with E-state index < -0.39 is 5.97 Å². The number of fused-ring (bicyclic) bond motifs is 1. The first-order valence-electron chi connectivity index (χ1n) is 6.80. The van der Waals surface area contributed by atoms with E-state index in [1.807, 2.05) is 0 Å². The van der Waals surface area contributed by atoms with E-state index in [4.69, 9.17) is 9.84 Å². The van der Waals surface area contributed by atoms with E-state index in [-0.39, 0.29) is 30.0 Å². The second-order valence-electron chi connectivity index (χ2n) is 5.94. The van der Waals surface area contributed by atoms with Crippen LogP contribution in [-0.2, 0) is 9.53 Å². The molecular formula is C13H22N2O4. The van der Waals surface area contributed by atoms with Crippen LogP contribution in [0.3, 0.4) is 0 Å². The van der Waals surface area contributed by atoms with Gasteiger partial charge in [0.1, 0.15) is 0 Å². The second-order valence-corrected chi connectivity index (χ2v) is 5.94. The van der Waals surface area contributed by atoms with Crippen LogP contribution in [0.25, 0.3) is 0 Å². The first kappa shape index (κ1) is 14.1. The standard InChI is InChI=1S/C13H22N2O4/c1-13(2)10(8-5-7-19-11(8)13)15-12(18)14-6-3-4-9(16)17/h8,10-11H,3-7H2,1-2H3,(H,16,17)(H2,14,15,18). The van der Waals surface area contributed by atoms with Crippen LogP contribution < -0.4 is 10.6 Å². The van der Waals surface area contributed by atoms with Crippen molar-refractivity contribution in [3.8, 4) is 0 Å². The summed E-state index contributed by atoms with van der Waals surface area (Å²) in [6, 6.07) is -0.0757. The molecule has 3 atom stereocenters. The monoisotopic (exact) mass is 270 g/mol. The minimum absolute atomic E-state index is 0.0282. The molecule has 6 heteroatoms. The summed E-state index contributed by atoms with van der Waals surface area (Å²) in [6.07, 6.45) is 1.78. The van der Waals surface area contributed by atoms with Crippen molar-refractivity contribution in [1.29, 1.82) is 0 Å². The predicted molar refractivity (Wildman–Crippen MR) is 68.8 cm³/mol. The average Bonchev–Trinajstić information content (AvgIpc) is 2.78. The predicted octanol–water partition coefficient (Wildman–Crippen LogP) is 0.964. The molecule has 19 heavy (non-hydrogen) atoms. The molecule has 1 saturated carbocycles. The van der Waals surface area contributed by atoms with E-state index >= 15 is 0 Å². The second kappa shape index (κ2) is 5.36. The highest BCUT2D eigenvalue weighted by Crippen LogP contribution is 2.51. The van der Waals surface area contributed by atoms with Gasteiger partial charge in [-0.3, -0.25) is 4.79 Å². The van der Waals surface area contributed by atoms with Gasteiger partial charge in [-0.2, -0.15) is 0 Å². The highest BCUT2D eigenvalue weighted by Gasteiger charge is 2.59. The number of carboxylic acid groups (broad SMARTS) is 1. The van der Waals surface area contributed by atoms with Gasteiger partial charge in [-0.15, -0.1) is 0 Å². The lowest BCUT2D eigenvalue weighted by molar-refractivity contribution is -0.137. The van der Waals surface area contributed by atoms with Gasteiger partial charge in [-0.25, -0.2) is 4.79 Å². The zero-order chi connectivity index (χ0) is 14.0. The molecule has 1 heterocycles. The Balaban J connectivity index is 1.72. The van der Waals surface area contributed by atoms with Crippen LogP contribution in [0.4, 0.5) is 4.79 Å². The van der Waals surface area contributed by atoms with Gasteiger partial charge in [0.05, 0.1) is 6.10 Å². The molecule has 2 fully saturated rings. The molecule has 0 bridgehead atoms. The molecule has 2 rings (SSSR count). The van der Waals surface area contributed by atoms with E-state index in [1.54, 1.807) is 0 Å². The van der Waals surface area contributed by atoms with E-state index in [1.165, 1.54) is 0 Å². The SMILES string of the molecule is CC1(C)C(NC(=O)NCCCC(=O)O)C2CCOC21. The van der Waals surface area contributed by atoms with Crippen LogP contribution in [0.15, 0.2) is 0 Å². The van der Waals surface area contributed by atoms with Gasteiger partial charge in [-0.1, -0.05) is 13.8 Å². The number of urea groups is 1. The fourth-order valence-electron chi connectivity index (χ4n) is 3.25. The number of hydrogen-bond donors (Lipinski definition) is 3. The van der Waals surface area contributed by atoms with Crippen molar-refractivity contribution in [3.63, 3.8) is 0 Å². The summed E-state index contributed by atoms with van der Waals surface area (Å²) in [5, 5.41) is 14.2. The molecule has 0 aromatic carbocycles. The smallest absolute Gasteiger partial charge is 0.315 e. The minimum Gasteiger partial charge on any atom is -0.481 e. The van der Waals surface area contributed by atoms with Gasteiger partial charge in [-0.05, 0) is 12.8 Å². The molecule has 3 unspecified atom stereocenters. The number of carbonyl (C=O) groups excluding carboxylic acids is 1. The molecule has 0 spiro atoms. The largest absolute Gasteiger partial charge is 0.481 e. The van der Waals surface area contributed by atoms with Gasteiger partial charge < -0.3 is 20.5 Å². The molecule has 1 aliphatic carbocycles.